The van der Waals surface area contributed by atoms with Crippen LogP contribution in [0, 0.1) is 11.2 Å². The van der Waals surface area contributed by atoms with E-state index in [-0.39, 0.29) is 11.7 Å². The summed E-state index contributed by atoms with van der Waals surface area (Å²) < 4.78 is 19.0. The largest absolute Gasteiger partial charge is 0.388 e. The number of amidine groups is 1. The van der Waals surface area contributed by atoms with Crippen molar-refractivity contribution in [1.29, 1.82) is 5.41 Å². The summed E-state index contributed by atoms with van der Waals surface area (Å²) in [5.74, 6) is -0.114. The fraction of sp³-hybridized carbons (Fsp3) is 0.462. The van der Waals surface area contributed by atoms with Gasteiger partial charge in [-0.3, -0.25) is 10.3 Å². The second-order valence-electron chi connectivity index (χ2n) is 4.26. The third kappa shape index (κ3) is 5.67. The normalized spacial score (nSPS) is 10.9. The van der Waals surface area contributed by atoms with Crippen LogP contribution in [0.5, 0.6) is 0 Å². The van der Waals surface area contributed by atoms with E-state index in [1.165, 1.54) is 6.07 Å². The number of benzene rings is 1. The Kier molecular flexibility index (Phi) is 6.97. The Hall–Kier alpha value is -0.980. The summed E-state index contributed by atoms with van der Waals surface area (Å²) in [6.07, 6.45) is 0.497. The van der Waals surface area contributed by atoms with E-state index in [0.717, 1.165) is 5.56 Å². The number of halogens is 2. The first kappa shape index (κ1) is 16.1. The maximum atomic E-state index is 13.5. The van der Waals surface area contributed by atoms with Gasteiger partial charge in [-0.1, -0.05) is 12.1 Å². The van der Waals surface area contributed by atoms with Gasteiger partial charge in [0.05, 0.1) is 16.9 Å². The lowest BCUT2D eigenvalue weighted by Crippen LogP contribution is -2.30. The summed E-state index contributed by atoms with van der Waals surface area (Å²) in [4.78, 5) is 2.09. The quantitative estimate of drug-likeness (QED) is 0.567. The molecule has 3 N–H and O–H groups in total. The summed E-state index contributed by atoms with van der Waals surface area (Å²) in [7, 11) is 1.64. The molecule has 0 fully saturated rings. The first-order chi connectivity index (χ1) is 9.04. The van der Waals surface area contributed by atoms with Crippen molar-refractivity contribution in [2.24, 2.45) is 5.73 Å². The molecule has 0 heterocycles. The van der Waals surface area contributed by atoms with E-state index in [4.69, 9.17) is 15.9 Å². The van der Waals surface area contributed by atoms with E-state index in [9.17, 15) is 4.39 Å². The number of nitrogens with one attached hydrogen (secondary N) is 1. The molecule has 19 heavy (non-hydrogen) atoms. The number of hydrogen-bond acceptors (Lipinski definition) is 3. The molecule has 1 aromatic carbocycles. The summed E-state index contributed by atoms with van der Waals surface area (Å²) >= 11 is 3.26. The number of methoxy groups -OCH3 is 1. The number of nitrogens with zero attached hydrogens (tertiary/aromatic N) is 1. The number of hydrogen-bond donors (Lipinski definition) is 2. The first-order valence-corrected chi connectivity index (χ1v) is 6.81. The van der Waals surface area contributed by atoms with E-state index in [1.54, 1.807) is 13.2 Å². The average Bonchev–Trinajstić information content (AvgIpc) is 2.37. The third-order valence-electron chi connectivity index (χ3n) is 2.73. The van der Waals surface area contributed by atoms with Gasteiger partial charge in [0.2, 0.25) is 0 Å². The molecule has 0 amide bonds. The predicted octanol–water partition coefficient (Wildman–Crippen LogP) is 2.36. The molecule has 0 aliphatic rings. The van der Waals surface area contributed by atoms with Crippen molar-refractivity contribution in [3.63, 3.8) is 0 Å². The SMILES string of the molecule is COCCN(CCC(=N)N)Cc1cccc(F)c1Br. The van der Waals surface area contributed by atoms with Gasteiger partial charge in [0.25, 0.3) is 0 Å². The molecule has 0 unspecified atom stereocenters. The second-order valence-corrected chi connectivity index (χ2v) is 5.05. The van der Waals surface area contributed by atoms with Crippen LogP contribution in [-0.4, -0.2) is 37.5 Å². The van der Waals surface area contributed by atoms with E-state index < -0.39 is 0 Å². The van der Waals surface area contributed by atoms with Gasteiger partial charge in [-0.2, -0.15) is 0 Å². The second kappa shape index (κ2) is 8.24. The highest BCUT2D eigenvalue weighted by molar-refractivity contribution is 9.10. The first-order valence-electron chi connectivity index (χ1n) is 6.01. The standard InChI is InChI=1S/C13H19BrFN3O/c1-19-8-7-18(6-5-12(16)17)9-10-3-2-4-11(15)13(10)14/h2-4H,5-9H2,1H3,(H3,16,17). The minimum Gasteiger partial charge on any atom is -0.388 e. The van der Waals surface area contributed by atoms with Gasteiger partial charge in [0, 0.05) is 33.2 Å². The predicted molar refractivity (Wildman–Crippen MR) is 77.8 cm³/mol. The van der Waals surface area contributed by atoms with Crippen LogP contribution in [-0.2, 0) is 11.3 Å². The fourth-order valence-electron chi connectivity index (χ4n) is 1.68. The number of nitrogens with two attached hydrogens (primary N) is 1. The van der Waals surface area contributed by atoms with Crippen molar-refractivity contribution in [3.8, 4) is 0 Å². The Balaban J connectivity index is 2.69. The van der Waals surface area contributed by atoms with Crippen LogP contribution < -0.4 is 5.73 Å². The average molecular weight is 332 g/mol. The maximum Gasteiger partial charge on any atom is 0.137 e. The Bertz CT molecular complexity index is 428. The molecular formula is C13H19BrFN3O. The van der Waals surface area contributed by atoms with Crippen LogP contribution in [0.4, 0.5) is 4.39 Å². The maximum absolute atomic E-state index is 13.5. The van der Waals surface area contributed by atoms with Gasteiger partial charge < -0.3 is 10.5 Å². The molecule has 1 rings (SSSR count). The van der Waals surface area contributed by atoms with E-state index >= 15 is 0 Å². The van der Waals surface area contributed by atoms with Crippen LogP contribution >= 0.6 is 15.9 Å². The Morgan fingerprint density at radius 2 is 2.21 bits per heavy atom. The molecule has 0 aromatic heterocycles. The van der Waals surface area contributed by atoms with Crippen molar-refractivity contribution < 1.29 is 9.13 Å². The van der Waals surface area contributed by atoms with Crippen LogP contribution in [0.2, 0.25) is 0 Å². The third-order valence-corrected chi connectivity index (χ3v) is 3.62. The molecule has 0 saturated carbocycles. The van der Waals surface area contributed by atoms with Gasteiger partial charge in [0.15, 0.2) is 0 Å². The molecule has 0 radical (unpaired) electrons. The molecule has 0 aliphatic carbocycles. The summed E-state index contributed by atoms with van der Waals surface area (Å²) in [6, 6.07) is 4.98. The van der Waals surface area contributed by atoms with Crippen molar-refractivity contribution in [2.45, 2.75) is 13.0 Å². The Labute approximate surface area is 121 Å². The van der Waals surface area contributed by atoms with Gasteiger partial charge >= 0.3 is 0 Å². The summed E-state index contributed by atoms with van der Waals surface area (Å²) in [6.45, 7) is 2.55. The molecule has 0 bridgehead atoms. The lowest BCUT2D eigenvalue weighted by atomic mass is 10.2. The van der Waals surface area contributed by atoms with Crippen molar-refractivity contribution in [2.75, 3.05) is 26.8 Å². The lowest BCUT2D eigenvalue weighted by Gasteiger charge is -2.22. The molecule has 1 aromatic rings. The molecule has 6 heteroatoms. The van der Waals surface area contributed by atoms with Gasteiger partial charge in [0.1, 0.15) is 5.82 Å². The highest BCUT2D eigenvalue weighted by Crippen LogP contribution is 2.21. The fourth-order valence-corrected chi connectivity index (χ4v) is 2.07. The number of rotatable bonds is 8. The van der Waals surface area contributed by atoms with Gasteiger partial charge in [-0.05, 0) is 27.6 Å². The molecule has 0 spiro atoms. The molecular weight excluding hydrogens is 313 g/mol. The molecule has 0 saturated heterocycles. The molecule has 0 aliphatic heterocycles. The van der Waals surface area contributed by atoms with Crippen LogP contribution in [0.3, 0.4) is 0 Å². The van der Waals surface area contributed by atoms with Gasteiger partial charge in [-0.25, -0.2) is 4.39 Å². The lowest BCUT2D eigenvalue weighted by molar-refractivity contribution is 0.145. The summed E-state index contributed by atoms with van der Waals surface area (Å²) in [5.41, 5.74) is 6.25. The van der Waals surface area contributed by atoms with Crippen LogP contribution in [0.25, 0.3) is 0 Å². The van der Waals surface area contributed by atoms with Crippen molar-refractivity contribution in [1.82, 2.24) is 4.90 Å². The Morgan fingerprint density at radius 3 is 2.84 bits per heavy atom. The van der Waals surface area contributed by atoms with E-state index in [0.29, 0.717) is 37.1 Å². The van der Waals surface area contributed by atoms with Crippen molar-refractivity contribution >= 4 is 21.8 Å². The van der Waals surface area contributed by atoms with E-state index in [2.05, 4.69) is 20.8 Å². The molecule has 106 valence electrons. The van der Waals surface area contributed by atoms with Gasteiger partial charge in [-0.15, -0.1) is 0 Å². The molecule has 0 atom stereocenters. The highest BCUT2D eigenvalue weighted by Gasteiger charge is 2.11. The van der Waals surface area contributed by atoms with Crippen molar-refractivity contribution in [3.05, 3.63) is 34.1 Å². The van der Waals surface area contributed by atoms with Crippen LogP contribution in [0.15, 0.2) is 22.7 Å². The summed E-state index contributed by atoms with van der Waals surface area (Å²) in [5, 5.41) is 7.27. The zero-order chi connectivity index (χ0) is 14.3. The minimum atomic E-state index is -0.268. The smallest absolute Gasteiger partial charge is 0.137 e. The Morgan fingerprint density at radius 1 is 1.47 bits per heavy atom. The van der Waals surface area contributed by atoms with E-state index in [1.807, 2.05) is 6.07 Å². The topological polar surface area (TPSA) is 62.3 Å². The van der Waals surface area contributed by atoms with Crippen LogP contribution in [0.1, 0.15) is 12.0 Å². The minimum absolute atomic E-state index is 0.153. The highest BCUT2D eigenvalue weighted by atomic mass is 79.9. The monoisotopic (exact) mass is 331 g/mol. The zero-order valence-electron chi connectivity index (χ0n) is 11.0. The zero-order valence-corrected chi connectivity index (χ0v) is 12.5. The number of ether oxygens (including phenoxy) is 1. The molecule has 4 nitrogen and oxygen atoms in total.